The Morgan fingerprint density at radius 1 is 0.917 bits per heavy atom. The van der Waals surface area contributed by atoms with Crippen molar-refractivity contribution in [2.75, 3.05) is 0 Å². The van der Waals surface area contributed by atoms with Crippen LogP contribution in [-0.4, -0.2) is 19.9 Å². The van der Waals surface area contributed by atoms with Gasteiger partial charge in [0.15, 0.2) is 0 Å². The van der Waals surface area contributed by atoms with Gasteiger partial charge in [-0.25, -0.2) is 9.97 Å². The monoisotopic (exact) mass is 358 g/mol. The summed E-state index contributed by atoms with van der Waals surface area (Å²) in [7, 11) is 0. The van der Waals surface area contributed by atoms with E-state index in [1.807, 2.05) is 24.5 Å². The number of hydrogen-bond donors (Lipinski definition) is 2. The highest BCUT2D eigenvalue weighted by Crippen LogP contribution is 2.38. The molecule has 0 radical (unpaired) electrons. The van der Waals surface area contributed by atoms with Gasteiger partial charge in [-0.1, -0.05) is 36.5 Å². The first-order chi connectivity index (χ1) is 11.7. The first-order valence-electron chi connectivity index (χ1n) is 7.92. The van der Waals surface area contributed by atoms with Crippen molar-refractivity contribution in [1.29, 1.82) is 0 Å². The maximum atomic E-state index is 6.16. The van der Waals surface area contributed by atoms with E-state index in [4.69, 9.17) is 23.2 Å². The predicted octanol–water partition coefficient (Wildman–Crippen LogP) is 5.68. The second-order valence-electron chi connectivity index (χ2n) is 5.93. The quantitative estimate of drug-likeness (QED) is 0.493. The Bertz CT molecular complexity index is 938. The summed E-state index contributed by atoms with van der Waals surface area (Å²) in [5.41, 5.74) is 4.10. The van der Waals surface area contributed by atoms with Crippen molar-refractivity contribution in [2.45, 2.75) is 25.7 Å². The highest BCUT2D eigenvalue weighted by molar-refractivity contribution is 6.31. The first kappa shape index (κ1) is 15.5. The summed E-state index contributed by atoms with van der Waals surface area (Å²) in [4.78, 5) is 15.3. The number of fused-ring (bicyclic) bond motifs is 2. The number of aromatic amines is 2. The zero-order valence-corrected chi connectivity index (χ0v) is 14.6. The van der Waals surface area contributed by atoms with Crippen LogP contribution in [0.15, 0.2) is 36.9 Å². The molecule has 4 aromatic heterocycles. The predicted molar refractivity (Wildman–Crippen MR) is 99.0 cm³/mol. The molecule has 0 aromatic carbocycles. The highest BCUT2D eigenvalue weighted by Gasteiger charge is 2.21. The third kappa shape index (κ3) is 2.56. The van der Waals surface area contributed by atoms with Crippen molar-refractivity contribution in [3.05, 3.63) is 58.1 Å². The van der Waals surface area contributed by atoms with Gasteiger partial charge in [-0.05, 0) is 29.7 Å². The molecule has 122 valence electrons. The van der Waals surface area contributed by atoms with Crippen molar-refractivity contribution < 1.29 is 0 Å². The smallest absolute Gasteiger partial charge is 0.137 e. The van der Waals surface area contributed by atoms with Gasteiger partial charge in [0.1, 0.15) is 11.3 Å². The Balaban J connectivity index is 1.92. The van der Waals surface area contributed by atoms with E-state index in [1.54, 1.807) is 12.4 Å². The molecule has 4 heterocycles. The van der Waals surface area contributed by atoms with E-state index in [9.17, 15) is 0 Å². The lowest BCUT2D eigenvalue weighted by Crippen LogP contribution is -1.99. The van der Waals surface area contributed by atoms with Crippen LogP contribution < -0.4 is 0 Å². The molecular formula is C18H16Cl2N4. The molecule has 4 nitrogen and oxygen atoms in total. The van der Waals surface area contributed by atoms with Gasteiger partial charge in [-0.15, -0.1) is 0 Å². The fourth-order valence-electron chi connectivity index (χ4n) is 3.34. The number of halogens is 2. The molecule has 0 spiro atoms. The number of nitrogens with one attached hydrogen (secondary N) is 2. The third-order valence-corrected chi connectivity index (χ3v) is 4.80. The van der Waals surface area contributed by atoms with E-state index < -0.39 is 0 Å². The molecule has 0 fully saturated rings. The molecular weight excluding hydrogens is 343 g/mol. The molecule has 24 heavy (non-hydrogen) atoms. The lowest BCUT2D eigenvalue weighted by molar-refractivity contribution is 0.706. The van der Waals surface area contributed by atoms with Crippen molar-refractivity contribution >= 4 is 45.3 Å². The van der Waals surface area contributed by atoms with Crippen LogP contribution in [0.5, 0.6) is 0 Å². The molecule has 0 saturated carbocycles. The maximum absolute atomic E-state index is 6.16. The molecule has 0 aliphatic heterocycles. The average molecular weight is 359 g/mol. The molecule has 0 bridgehead atoms. The van der Waals surface area contributed by atoms with E-state index in [2.05, 4.69) is 26.9 Å². The lowest BCUT2D eigenvalue weighted by atomic mass is 9.88. The van der Waals surface area contributed by atoms with E-state index >= 15 is 0 Å². The summed E-state index contributed by atoms with van der Waals surface area (Å²) in [6.45, 7) is 2.19. The van der Waals surface area contributed by atoms with Crippen molar-refractivity contribution in [3.8, 4) is 0 Å². The minimum absolute atomic E-state index is 0.220. The van der Waals surface area contributed by atoms with Crippen LogP contribution >= 0.6 is 23.2 Å². The zero-order valence-electron chi connectivity index (χ0n) is 13.1. The van der Waals surface area contributed by atoms with Gasteiger partial charge in [-0.3, -0.25) is 0 Å². The molecule has 2 N–H and O–H groups in total. The number of pyridine rings is 2. The summed E-state index contributed by atoms with van der Waals surface area (Å²) in [6.07, 6.45) is 9.46. The van der Waals surface area contributed by atoms with E-state index in [0.717, 1.165) is 34.9 Å². The van der Waals surface area contributed by atoms with Crippen LogP contribution in [0, 0.1) is 0 Å². The zero-order chi connectivity index (χ0) is 16.7. The van der Waals surface area contributed by atoms with Crippen LogP contribution in [0.2, 0.25) is 10.0 Å². The van der Waals surface area contributed by atoms with Gasteiger partial charge in [-0.2, -0.15) is 0 Å². The fraction of sp³-hybridized carbons (Fsp3) is 0.222. The number of hydrogen-bond acceptors (Lipinski definition) is 2. The summed E-state index contributed by atoms with van der Waals surface area (Å²) in [6, 6.07) is 3.94. The molecule has 4 rings (SSSR count). The third-order valence-electron chi connectivity index (χ3n) is 4.39. The van der Waals surface area contributed by atoms with Gasteiger partial charge in [0.2, 0.25) is 0 Å². The first-order valence-corrected chi connectivity index (χ1v) is 8.68. The van der Waals surface area contributed by atoms with Gasteiger partial charge in [0, 0.05) is 41.5 Å². The second-order valence-corrected chi connectivity index (χ2v) is 6.80. The van der Waals surface area contributed by atoms with E-state index in [0.29, 0.717) is 10.0 Å². The molecule has 0 amide bonds. The molecule has 0 atom stereocenters. The largest absolute Gasteiger partial charge is 0.346 e. The van der Waals surface area contributed by atoms with Crippen LogP contribution in [0.1, 0.15) is 36.8 Å². The Morgan fingerprint density at radius 2 is 1.42 bits per heavy atom. The Labute approximate surface area is 149 Å². The topological polar surface area (TPSA) is 57.4 Å². The molecule has 6 heteroatoms. The van der Waals surface area contributed by atoms with Gasteiger partial charge >= 0.3 is 0 Å². The number of H-pyrrole nitrogens is 2. The summed E-state index contributed by atoms with van der Waals surface area (Å²) >= 11 is 12.3. The van der Waals surface area contributed by atoms with Crippen LogP contribution in [0.4, 0.5) is 0 Å². The summed E-state index contributed by atoms with van der Waals surface area (Å²) < 4.78 is 0. The molecule has 0 unspecified atom stereocenters. The molecule has 4 aromatic rings. The van der Waals surface area contributed by atoms with E-state index in [-0.39, 0.29) is 5.92 Å². The van der Waals surface area contributed by atoms with Gasteiger partial charge in [0.25, 0.3) is 0 Å². The molecule has 0 saturated heterocycles. The van der Waals surface area contributed by atoms with Crippen molar-refractivity contribution in [2.24, 2.45) is 0 Å². The summed E-state index contributed by atoms with van der Waals surface area (Å²) in [5.74, 6) is 0.220. The van der Waals surface area contributed by atoms with Crippen LogP contribution in [0.3, 0.4) is 0 Å². The van der Waals surface area contributed by atoms with Crippen LogP contribution in [-0.2, 0) is 0 Å². The number of rotatable bonds is 4. The number of nitrogens with zero attached hydrogens (tertiary/aromatic N) is 2. The fourth-order valence-corrected chi connectivity index (χ4v) is 3.66. The molecule has 0 aliphatic rings. The minimum atomic E-state index is 0.220. The second kappa shape index (κ2) is 6.11. The Kier molecular flexibility index (Phi) is 3.94. The number of aromatic nitrogens is 4. The normalized spacial score (nSPS) is 11.8. The van der Waals surface area contributed by atoms with Gasteiger partial charge < -0.3 is 9.97 Å². The van der Waals surface area contributed by atoms with Gasteiger partial charge in [0.05, 0.1) is 10.0 Å². The molecule has 0 aliphatic carbocycles. The highest BCUT2D eigenvalue weighted by atomic mass is 35.5. The average Bonchev–Trinajstić information content (AvgIpc) is 3.16. The Morgan fingerprint density at radius 3 is 1.88 bits per heavy atom. The van der Waals surface area contributed by atoms with Crippen molar-refractivity contribution in [3.63, 3.8) is 0 Å². The van der Waals surface area contributed by atoms with Crippen molar-refractivity contribution in [1.82, 2.24) is 19.9 Å². The minimum Gasteiger partial charge on any atom is -0.346 e. The Hall–Kier alpha value is -2.04. The standard InChI is InChI=1S/C18H16Cl2N4/c1-2-3-12(15-8-23-17-13(15)4-10(19)6-21-17)16-9-24-18-14(16)5-11(20)7-22-18/h4-9,12H,2-3H2,1H3,(H,21,23)(H,22,24). The lowest BCUT2D eigenvalue weighted by Gasteiger charge is -2.15. The summed E-state index contributed by atoms with van der Waals surface area (Å²) in [5, 5.41) is 3.40. The van der Waals surface area contributed by atoms with E-state index in [1.165, 1.54) is 11.1 Å². The SMILES string of the molecule is CCCC(c1c[nH]c2ncc(Cl)cc12)c1c[nH]c2ncc(Cl)cc12. The maximum Gasteiger partial charge on any atom is 0.137 e. The van der Waals surface area contributed by atoms with Crippen LogP contribution in [0.25, 0.3) is 22.1 Å².